The van der Waals surface area contributed by atoms with Gasteiger partial charge in [0.15, 0.2) is 12.4 Å². The van der Waals surface area contributed by atoms with Crippen molar-refractivity contribution in [2.75, 3.05) is 12.4 Å². The maximum atomic E-state index is 12.4. The Morgan fingerprint density at radius 2 is 1.96 bits per heavy atom. The number of carbonyl (C=O) groups is 3. The number of nitrogens with zero attached hydrogens (tertiary/aromatic N) is 1. The Labute approximate surface area is 149 Å². The molecule has 2 atom stereocenters. The smallest absolute Gasteiger partial charge is 0.330 e. The molecule has 6 nitrogen and oxygen atoms in total. The summed E-state index contributed by atoms with van der Waals surface area (Å²) in [5, 5.41) is -0.366. The van der Waals surface area contributed by atoms with Gasteiger partial charge in [0.1, 0.15) is 17.2 Å². The zero-order chi connectivity index (χ0) is 17.8. The molecule has 3 rings (SSSR count). The van der Waals surface area contributed by atoms with Crippen LogP contribution in [-0.2, 0) is 14.3 Å². The van der Waals surface area contributed by atoms with Gasteiger partial charge in [-0.2, -0.15) is 0 Å². The van der Waals surface area contributed by atoms with Crippen molar-refractivity contribution >= 4 is 29.4 Å². The number of ether oxygens (including phenoxy) is 1. The summed E-state index contributed by atoms with van der Waals surface area (Å²) in [4.78, 5) is 37.9. The van der Waals surface area contributed by atoms with Crippen molar-refractivity contribution in [3.8, 4) is 0 Å². The lowest BCUT2D eigenvalue weighted by atomic mass is 10.1. The molecular weight excluding hydrogens is 342 g/mol. The van der Waals surface area contributed by atoms with Crippen LogP contribution in [0.4, 0.5) is 0 Å². The van der Waals surface area contributed by atoms with E-state index in [1.54, 1.807) is 42.5 Å². The molecular formula is C18H17NO5S. The first-order valence-corrected chi connectivity index (χ1v) is 8.81. The SMILES string of the molecule is CC(=O)N1[C@@H](c2ccco2)SC[C@H]1C(=O)OCC(=O)c1ccccc1. The topological polar surface area (TPSA) is 76.8 Å². The molecule has 1 aliphatic heterocycles. The van der Waals surface area contributed by atoms with Crippen LogP contribution in [0.25, 0.3) is 0 Å². The summed E-state index contributed by atoms with van der Waals surface area (Å²) in [5.74, 6) is -0.111. The van der Waals surface area contributed by atoms with Crippen molar-refractivity contribution in [3.63, 3.8) is 0 Å². The standard InChI is InChI=1S/C18H17NO5S/c1-12(20)19-14(11-25-17(19)16-8-5-9-23-16)18(22)24-10-15(21)13-6-3-2-4-7-13/h2-9,14,17H,10-11H2,1H3/t14-,17+/m0/s1. The number of benzene rings is 1. The summed E-state index contributed by atoms with van der Waals surface area (Å²) in [7, 11) is 0. The number of ketones is 1. The molecule has 0 aliphatic carbocycles. The van der Waals surface area contributed by atoms with Gasteiger partial charge in [0.2, 0.25) is 5.91 Å². The van der Waals surface area contributed by atoms with Crippen LogP contribution in [0.3, 0.4) is 0 Å². The lowest BCUT2D eigenvalue weighted by Crippen LogP contribution is -2.43. The predicted molar refractivity (Wildman–Crippen MR) is 91.9 cm³/mol. The summed E-state index contributed by atoms with van der Waals surface area (Å²) in [6, 6.07) is 11.4. The molecule has 130 valence electrons. The summed E-state index contributed by atoms with van der Waals surface area (Å²) in [6.07, 6.45) is 1.53. The van der Waals surface area contributed by atoms with Crippen molar-refractivity contribution in [1.29, 1.82) is 0 Å². The molecule has 7 heteroatoms. The lowest BCUT2D eigenvalue weighted by Gasteiger charge is -2.25. The first kappa shape index (κ1) is 17.3. The number of hydrogen-bond donors (Lipinski definition) is 0. The Morgan fingerprint density at radius 3 is 2.60 bits per heavy atom. The van der Waals surface area contributed by atoms with Crippen molar-refractivity contribution in [2.45, 2.75) is 18.3 Å². The molecule has 2 heterocycles. The molecule has 0 radical (unpaired) electrons. The van der Waals surface area contributed by atoms with E-state index in [-0.39, 0.29) is 23.7 Å². The number of amides is 1. The Hall–Kier alpha value is -2.54. The molecule has 0 spiro atoms. The van der Waals surface area contributed by atoms with Gasteiger partial charge in [-0.15, -0.1) is 11.8 Å². The van der Waals surface area contributed by atoms with Crippen LogP contribution in [0.1, 0.15) is 28.4 Å². The number of furan rings is 1. The predicted octanol–water partition coefficient (Wildman–Crippen LogP) is 2.67. The summed E-state index contributed by atoms with van der Waals surface area (Å²) >= 11 is 1.43. The van der Waals surface area contributed by atoms with Gasteiger partial charge in [-0.05, 0) is 12.1 Å². The van der Waals surface area contributed by atoms with Gasteiger partial charge in [-0.1, -0.05) is 30.3 Å². The van der Waals surface area contributed by atoms with E-state index in [0.717, 1.165) is 0 Å². The second-order valence-electron chi connectivity index (χ2n) is 5.54. The van der Waals surface area contributed by atoms with E-state index in [9.17, 15) is 14.4 Å². The third kappa shape index (κ3) is 3.76. The molecule has 2 aromatic rings. The molecule has 0 saturated carbocycles. The Morgan fingerprint density at radius 1 is 1.20 bits per heavy atom. The average Bonchev–Trinajstić information content (AvgIpc) is 3.28. The molecule has 0 N–H and O–H groups in total. The first-order valence-electron chi connectivity index (χ1n) is 7.76. The van der Waals surface area contributed by atoms with Crippen molar-refractivity contribution in [3.05, 3.63) is 60.1 Å². The van der Waals surface area contributed by atoms with Crippen LogP contribution in [0.15, 0.2) is 53.1 Å². The molecule has 0 bridgehead atoms. The molecule has 1 aliphatic rings. The van der Waals surface area contributed by atoms with Crippen molar-refractivity contribution in [1.82, 2.24) is 4.90 Å². The van der Waals surface area contributed by atoms with Gasteiger partial charge in [-0.3, -0.25) is 9.59 Å². The van der Waals surface area contributed by atoms with E-state index >= 15 is 0 Å². The van der Waals surface area contributed by atoms with Crippen LogP contribution in [-0.4, -0.2) is 41.0 Å². The molecule has 1 fully saturated rings. The zero-order valence-corrected chi connectivity index (χ0v) is 14.4. The van der Waals surface area contributed by atoms with Gasteiger partial charge in [0.05, 0.1) is 6.26 Å². The number of thioether (sulfide) groups is 1. The monoisotopic (exact) mass is 359 g/mol. The molecule has 0 unspecified atom stereocenters. The number of rotatable bonds is 5. The second-order valence-corrected chi connectivity index (χ2v) is 6.65. The van der Waals surface area contributed by atoms with E-state index in [1.807, 2.05) is 0 Å². The average molecular weight is 359 g/mol. The van der Waals surface area contributed by atoms with E-state index in [0.29, 0.717) is 17.1 Å². The lowest BCUT2D eigenvalue weighted by molar-refractivity contribution is -0.152. The Balaban J connectivity index is 1.65. The fourth-order valence-corrected chi connectivity index (χ4v) is 4.08. The number of esters is 1. The fraction of sp³-hybridized carbons (Fsp3) is 0.278. The molecule has 1 saturated heterocycles. The van der Waals surface area contributed by atoms with Crippen molar-refractivity contribution < 1.29 is 23.5 Å². The number of Topliss-reactive ketones (excluding diaryl/α,β-unsaturated/α-hetero) is 1. The highest BCUT2D eigenvalue weighted by Gasteiger charge is 2.43. The van der Waals surface area contributed by atoms with Crippen LogP contribution in [0, 0.1) is 0 Å². The molecule has 1 aromatic carbocycles. The third-order valence-electron chi connectivity index (χ3n) is 3.86. The van der Waals surface area contributed by atoms with Crippen LogP contribution in [0.2, 0.25) is 0 Å². The van der Waals surface area contributed by atoms with Gasteiger partial charge in [-0.25, -0.2) is 4.79 Å². The molecule has 25 heavy (non-hydrogen) atoms. The summed E-state index contributed by atoms with van der Waals surface area (Å²) in [5.41, 5.74) is 0.480. The van der Waals surface area contributed by atoms with Crippen LogP contribution >= 0.6 is 11.8 Å². The molecule has 1 aromatic heterocycles. The quantitative estimate of drug-likeness (QED) is 0.603. The Kier molecular flexibility index (Phi) is 5.23. The van der Waals surface area contributed by atoms with E-state index in [2.05, 4.69) is 0 Å². The second kappa shape index (κ2) is 7.57. The Bertz CT molecular complexity index is 759. The molecule has 1 amide bonds. The minimum absolute atomic E-state index is 0.247. The first-order chi connectivity index (χ1) is 12.1. The van der Waals surface area contributed by atoms with Crippen molar-refractivity contribution in [2.24, 2.45) is 0 Å². The van der Waals surface area contributed by atoms with Crippen LogP contribution < -0.4 is 0 Å². The summed E-state index contributed by atoms with van der Waals surface area (Å²) in [6.45, 7) is 1.05. The minimum atomic E-state index is -0.735. The highest BCUT2D eigenvalue weighted by atomic mass is 32.2. The van der Waals surface area contributed by atoms with E-state index in [4.69, 9.17) is 9.15 Å². The highest BCUT2D eigenvalue weighted by Crippen LogP contribution is 2.41. The largest absolute Gasteiger partial charge is 0.466 e. The highest BCUT2D eigenvalue weighted by molar-refractivity contribution is 7.99. The minimum Gasteiger partial charge on any atom is -0.466 e. The zero-order valence-electron chi connectivity index (χ0n) is 13.6. The summed E-state index contributed by atoms with van der Waals surface area (Å²) < 4.78 is 10.5. The number of carbonyl (C=O) groups excluding carboxylic acids is 3. The van der Waals surface area contributed by atoms with Gasteiger partial charge < -0.3 is 14.1 Å². The fourth-order valence-electron chi connectivity index (χ4n) is 2.66. The van der Waals surface area contributed by atoms with E-state index < -0.39 is 12.0 Å². The van der Waals surface area contributed by atoms with Crippen LogP contribution in [0.5, 0.6) is 0 Å². The number of hydrogen-bond acceptors (Lipinski definition) is 6. The normalized spacial score (nSPS) is 19.6. The van der Waals surface area contributed by atoms with Gasteiger partial charge in [0, 0.05) is 18.2 Å². The third-order valence-corrected chi connectivity index (χ3v) is 5.15. The van der Waals surface area contributed by atoms with Gasteiger partial charge >= 0.3 is 5.97 Å². The maximum absolute atomic E-state index is 12.4. The van der Waals surface area contributed by atoms with Gasteiger partial charge in [0.25, 0.3) is 0 Å². The van der Waals surface area contributed by atoms with E-state index in [1.165, 1.54) is 29.8 Å². The maximum Gasteiger partial charge on any atom is 0.330 e.